The smallest absolute Gasteiger partial charge is 0.306 e. The summed E-state index contributed by atoms with van der Waals surface area (Å²) >= 11 is 0. The highest BCUT2D eigenvalue weighted by Gasteiger charge is 2.84. The predicted octanol–water partition coefficient (Wildman–Crippen LogP) is -1.19. The van der Waals surface area contributed by atoms with E-state index in [-0.39, 0.29) is 52.3 Å². The topological polar surface area (TPSA) is 372 Å². The van der Waals surface area contributed by atoms with Crippen LogP contribution in [-0.2, 0) is 52.2 Å². The normalized spacial score (nSPS) is 54.8. The van der Waals surface area contributed by atoms with Crippen LogP contribution >= 0.6 is 0 Å². The number of esters is 1. The highest BCUT2D eigenvalue weighted by Crippen LogP contribution is 2.81. The van der Waals surface area contributed by atoms with Crippen LogP contribution in [-0.4, -0.2) is 240 Å². The molecule has 5 saturated heterocycles. The molecule has 5 unspecified atom stereocenters. The summed E-state index contributed by atoms with van der Waals surface area (Å²) < 4.78 is 62.3. The van der Waals surface area contributed by atoms with Gasteiger partial charge in [-0.25, -0.2) is 0 Å². The molecule has 5 saturated carbocycles. The van der Waals surface area contributed by atoms with Crippen molar-refractivity contribution in [3.8, 4) is 0 Å². The first kappa shape index (κ1) is 62.6. The van der Waals surface area contributed by atoms with Gasteiger partial charge in [-0.15, -0.1) is 0 Å². The van der Waals surface area contributed by atoms with Gasteiger partial charge in [-0.2, -0.15) is 0 Å². The zero-order valence-corrected chi connectivity index (χ0v) is 48.2. The van der Waals surface area contributed by atoms with Crippen LogP contribution in [0.3, 0.4) is 0 Å². The molecule has 2 bridgehead atoms. The first-order chi connectivity index (χ1) is 37.9. The van der Waals surface area contributed by atoms with Crippen molar-refractivity contribution in [2.75, 3.05) is 26.4 Å². The van der Waals surface area contributed by atoms with Crippen LogP contribution in [0.4, 0.5) is 0 Å². The van der Waals surface area contributed by atoms with Gasteiger partial charge in [0, 0.05) is 17.8 Å². The molecule has 0 amide bonds. The van der Waals surface area contributed by atoms with Crippen molar-refractivity contribution < 1.29 is 119 Å². The van der Waals surface area contributed by atoms with Crippen molar-refractivity contribution in [1.29, 1.82) is 0 Å². The maximum absolute atomic E-state index is 13.4. The molecule has 0 aromatic rings. The highest BCUT2D eigenvalue weighted by atomic mass is 16.8. The summed E-state index contributed by atoms with van der Waals surface area (Å²) in [5.74, 6) is -0.376. The number of carbonyl (C=O) groups is 1. The fourth-order valence-corrected chi connectivity index (χ4v) is 18.4. The Bertz CT molecular complexity index is 2220. The standard InChI is InChI=1S/C57H94O24/c1-24(2)16-35(62)77-34-19-51(3,4)17-31-56-15-11-30-53(7)13-12-33(52(5,6)29(53)10-14-54(30,8)55(56,9)18-32(61)57(31,34)50(71)81-56)78-48-44(80-47-43(70)40(67)37(64)26(20-58)74-47)39(66)28(23-73-48)76-49-45(41(68)38(65)27(21-59)75-49)79-46-42(69)36(63)25(60)22-72-46/h24-34,36-50,58-61,63-71H,10-23H2,1-9H3/t25-,26-,27-,28+,29?,30?,31?,32-,33+,34+,36+,37-,38-,39+,40+,41+,42-,43-,44-,45-,46+,47+,48+,49+,50+,53+,54-,55+,56?,57?/m1/s1. The minimum absolute atomic E-state index is 0.0487. The summed E-state index contributed by atoms with van der Waals surface area (Å²) in [6.07, 6.45) is -28.0. The van der Waals surface area contributed by atoms with Gasteiger partial charge in [0.2, 0.25) is 0 Å². The molecule has 0 aromatic carbocycles. The molecule has 81 heavy (non-hydrogen) atoms. The fraction of sp³-hybridized carbons (Fsp3) is 0.982. The maximum atomic E-state index is 13.4. The summed E-state index contributed by atoms with van der Waals surface area (Å²) in [5, 5.41) is 144. The summed E-state index contributed by atoms with van der Waals surface area (Å²) in [5.41, 5.74) is -4.14. The Morgan fingerprint density at radius 1 is 0.568 bits per heavy atom. The molecule has 466 valence electrons. The van der Waals surface area contributed by atoms with E-state index >= 15 is 0 Å². The molecule has 0 radical (unpaired) electrons. The largest absolute Gasteiger partial charge is 0.461 e. The van der Waals surface area contributed by atoms with Crippen LogP contribution < -0.4 is 0 Å². The summed E-state index contributed by atoms with van der Waals surface area (Å²) in [7, 11) is 0. The quantitative estimate of drug-likeness (QED) is 0.0762. The monoisotopic (exact) mass is 1160 g/mol. The van der Waals surface area contributed by atoms with Gasteiger partial charge >= 0.3 is 5.97 Å². The van der Waals surface area contributed by atoms with Gasteiger partial charge in [0.25, 0.3) is 0 Å². The van der Waals surface area contributed by atoms with E-state index in [2.05, 4.69) is 48.5 Å². The van der Waals surface area contributed by atoms with Crippen LogP contribution in [0.5, 0.6) is 0 Å². The Labute approximate surface area is 473 Å². The van der Waals surface area contributed by atoms with Gasteiger partial charge in [-0.1, -0.05) is 62.3 Å². The molecule has 5 aliphatic carbocycles. The van der Waals surface area contributed by atoms with E-state index in [0.717, 1.165) is 19.3 Å². The number of aliphatic hydroxyl groups excluding tert-OH is 13. The van der Waals surface area contributed by atoms with E-state index in [1.807, 2.05) is 13.8 Å². The Morgan fingerprint density at radius 3 is 1.84 bits per heavy atom. The van der Waals surface area contributed by atoms with Gasteiger partial charge in [0.05, 0.1) is 49.7 Å². The Kier molecular flexibility index (Phi) is 17.3. The second-order valence-corrected chi connectivity index (χ2v) is 28.4. The van der Waals surface area contributed by atoms with Crippen molar-refractivity contribution in [3.63, 3.8) is 0 Å². The van der Waals surface area contributed by atoms with E-state index < -0.39 is 183 Å². The van der Waals surface area contributed by atoms with Crippen LogP contribution in [0.2, 0.25) is 0 Å². The fourth-order valence-electron chi connectivity index (χ4n) is 18.4. The van der Waals surface area contributed by atoms with Gasteiger partial charge in [0.1, 0.15) is 91.6 Å². The predicted molar refractivity (Wildman–Crippen MR) is 276 cm³/mol. The zero-order valence-electron chi connectivity index (χ0n) is 48.2. The average molecular weight is 1160 g/mol. The molecule has 1 spiro atoms. The minimum atomic E-state index is -1.91. The Balaban J connectivity index is 0.904. The van der Waals surface area contributed by atoms with E-state index in [4.69, 9.17) is 47.4 Å². The lowest BCUT2D eigenvalue weighted by atomic mass is 9.30. The van der Waals surface area contributed by atoms with Crippen molar-refractivity contribution in [1.82, 2.24) is 0 Å². The molecule has 24 heteroatoms. The molecule has 10 rings (SSSR count). The Morgan fingerprint density at radius 2 is 1.17 bits per heavy atom. The molecule has 5 aliphatic heterocycles. The van der Waals surface area contributed by atoms with Gasteiger partial charge in [-0.3, -0.25) is 4.79 Å². The summed E-state index contributed by atoms with van der Waals surface area (Å²) in [6.45, 7) is 17.1. The third kappa shape index (κ3) is 9.83. The Hall–Kier alpha value is -1.41. The third-order valence-corrected chi connectivity index (χ3v) is 22.7. The third-order valence-electron chi connectivity index (χ3n) is 22.7. The van der Waals surface area contributed by atoms with Crippen LogP contribution in [0, 0.1) is 56.2 Å². The van der Waals surface area contributed by atoms with Gasteiger partial charge in [-0.05, 0) is 97.2 Å². The molecular weight excluding hydrogens is 1070 g/mol. The molecule has 24 nitrogen and oxygen atoms in total. The molecule has 0 aromatic heterocycles. The number of rotatable bonds is 13. The SMILES string of the molecule is CC(C)CC(=O)O[C@H]1CC(C)(C)CC2C13[C@H](O)C[C@]1(C)C2(CCC2[C@@]4(C)CC[C@H](O[C@@H]5OC[C@H](O[C@@H]6O[C@H](CO)[C@@H](O)[C@H](O)[C@H]6O[C@@H]6OC[C@@H](O)[C@H](O)[C@H]6O)[C@H](O)[C@H]5O[C@@H]5O[C@H](CO)[C@@H](O)[C@H](O)[C@H]5O)C(C)(C)C4CC[C@]21C)O[C@@H]3O. The second kappa shape index (κ2) is 22.3. The number of fused-ring (bicyclic) bond motifs is 4. The lowest BCUT2D eigenvalue weighted by molar-refractivity contribution is -0.392. The second-order valence-electron chi connectivity index (χ2n) is 28.4. The van der Waals surface area contributed by atoms with Crippen LogP contribution in [0.1, 0.15) is 127 Å². The van der Waals surface area contributed by atoms with Gasteiger partial charge in [0.15, 0.2) is 31.5 Å². The van der Waals surface area contributed by atoms with E-state index in [1.54, 1.807) is 0 Å². The number of hydrogen-bond donors (Lipinski definition) is 13. The number of hydrogen-bond acceptors (Lipinski definition) is 24. The van der Waals surface area contributed by atoms with Crippen LogP contribution in [0.15, 0.2) is 0 Å². The van der Waals surface area contributed by atoms with E-state index in [0.29, 0.717) is 38.5 Å². The number of carbonyl (C=O) groups excluding carboxylic acids is 1. The van der Waals surface area contributed by atoms with Crippen LogP contribution in [0.25, 0.3) is 0 Å². The van der Waals surface area contributed by atoms with Crippen molar-refractivity contribution in [2.45, 2.75) is 267 Å². The van der Waals surface area contributed by atoms with Crippen molar-refractivity contribution in [2.24, 2.45) is 56.2 Å². The lowest BCUT2D eigenvalue weighted by Gasteiger charge is -2.75. The molecule has 10 fully saturated rings. The molecule has 10 aliphatic rings. The van der Waals surface area contributed by atoms with E-state index in [1.165, 1.54) is 0 Å². The molecule has 5 heterocycles. The summed E-state index contributed by atoms with van der Waals surface area (Å²) in [4.78, 5) is 13.4. The first-order valence-electron chi connectivity index (χ1n) is 29.6. The first-order valence-corrected chi connectivity index (χ1v) is 29.6. The minimum Gasteiger partial charge on any atom is -0.461 e. The number of aliphatic hydroxyl groups is 13. The van der Waals surface area contributed by atoms with Crippen molar-refractivity contribution in [3.05, 3.63) is 0 Å². The molecule has 13 N–H and O–H groups in total. The summed E-state index contributed by atoms with van der Waals surface area (Å²) in [6, 6.07) is 0. The van der Waals surface area contributed by atoms with Crippen molar-refractivity contribution >= 4 is 5.97 Å². The number of ether oxygens (including phenoxy) is 10. The van der Waals surface area contributed by atoms with Gasteiger partial charge < -0.3 is 114 Å². The lowest BCUT2D eigenvalue weighted by Crippen LogP contribution is -2.75. The highest BCUT2D eigenvalue weighted by molar-refractivity contribution is 5.70. The maximum Gasteiger partial charge on any atom is 0.306 e. The molecular formula is C57H94O24. The zero-order chi connectivity index (χ0) is 59.1. The molecule has 30 atom stereocenters. The average Bonchev–Trinajstić information content (AvgIpc) is 2.66. The van der Waals surface area contributed by atoms with E-state index in [9.17, 15) is 71.2 Å².